The lowest BCUT2D eigenvalue weighted by Gasteiger charge is -2.34. The number of H-pyrrole nitrogens is 1. The molecule has 0 atom stereocenters. The number of benzene rings is 1. The quantitative estimate of drug-likeness (QED) is 0.928. The van der Waals surface area contributed by atoms with Crippen LogP contribution in [0.2, 0.25) is 0 Å². The second-order valence-electron chi connectivity index (χ2n) is 5.58. The minimum atomic E-state index is -0.145. The summed E-state index contributed by atoms with van der Waals surface area (Å²) in [6.07, 6.45) is 0. The van der Waals surface area contributed by atoms with Crippen molar-refractivity contribution in [1.29, 1.82) is 0 Å². The van der Waals surface area contributed by atoms with Gasteiger partial charge in [0.2, 0.25) is 5.95 Å². The molecule has 1 saturated heterocycles. The average molecular weight is 314 g/mol. The molecule has 3 rings (SSSR count). The number of piperazine rings is 1. The molecule has 1 aliphatic rings. The summed E-state index contributed by atoms with van der Waals surface area (Å²) in [4.78, 5) is 24.1. The maximum absolute atomic E-state index is 12.1. The third-order valence-corrected chi connectivity index (χ3v) is 4.23. The number of methoxy groups -OCH3 is 1. The number of likely N-dealkylation sites (N-methyl/N-ethyl adjacent to an activating group) is 1. The van der Waals surface area contributed by atoms with E-state index < -0.39 is 0 Å². The summed E-state index contributed by atoms with van der Waals surface area (Å²) in [5.74, 6) is 1.35. The van der Waals surface area contributed by atoms with Crippen LogP contribution in [0.3, 0.4) is 0 Å². The van der Waals surface area contributed by atoms with E-state index in [-0.39, 0.29) is 5.56 Å². The normalized spacial score (nSPS) is 15.7. The van der Waals surface area contributed by atoms with Crippen LogP contribution < -0.4 is 15.2 Å². The number of anilines is 1. The van der Waals surface area contributed by atoms with Crippen LogP contribution >= 0.6 is 0 Å². The lowest BCUT2D eigenvalue weighted by Crippen LogP contribution is -2.47. The number of nitrogens with one attached hydrogen (secondary N) is 1. The molecule has 122 valence electrons. The molecule has 1 aromatic carbocycles. The van der Waals surface area contributed by atoms with Crippen molar-refractivity contribution in [3.8, 4) is 17.0 Å². The molecule has 1 aromatic heterocycles. The van der Waals surface area contributed by atoms with Gasteiger partial charge in [-0.1, -0.05) is 19.1 Å². The molecule has 0 radical (unpaired) electrons. The molecule has 1 fully saturated rings. The van der Waals surface area contributed by atoms with E-state index >= 15 is 0 Å². The number of hydrogen-bond acceptors (Lipinski definition) is 5. The molecule has 23 heavy (non-hydrogen) atoms. The van der Waals surface area contributed by atoms with Crippen LogP contribution in [0.1, 0.15) is 6.92 Å². The van der Waals surface area contributed by atoms with Crippen LogP contribution in [-0.4, -0.2) is 54.7 Å². The lowest BCUT2D eigenvalue weighted by atomic mass is 10.1. The molecule has 1 aliphatic heterocycles. The number of aromatic nitrogens is 2. The zero-order chi connectivity index (χ0) is 16.2. The van der Waals surface area contributed by atoms with Crippen LogP contribution in [0.15, 0.2) is 35.1 Å². The summed E-state index contributed by atoms with van der Waals surface area (Å²) in [7, 11) is 1.62. The van der Waals surface area contributed by atoms with Gasteiger partial charge in [0.15, 0.2) is 0 Å². The molecule has 0 spiro atoms. The van der Waals surface area contributed by atoms with Gasteiger partial charge < -0.3 is 14.5 Å². The molecule has 6 nitrogen and oxygen atoms in total. The van der Waals surface area contributed by atoms with Crippen LogP contribution in [0.25, 0.3) is 11.3 Å². The van der Waals surface area contributed by atoms with E-state index in [1.165, 1.54) is 6.07 Å². The molecular formula is C17H22N4O2. The molecule has 1 N–H and O–H groups in total. The average Bonchev–Trinajstić information content (AvgIpc) is 2.61. The predicted octanol–water partition coefficient (Wildman–Crippen LogP) is 1.59. The number of nitrogens with zero attached hydrogens (tertiary/aromatic N) is 3. The van der Waals surface area contributed by atoms with Gasteiger partial charge >= 0.3 is 0 Å². The highest BCUT2D eigenvalue weighted by atomic mass is 16.5. The molecule has 0 bridgehead atoms. The van der Waals surface area contributed by atoms with Crippen LogP contribution in [0.5, 0.6) is 5.75 Å². The minimum absolute atomic E-state index is 0.145. The maximum atomic E-state index is 12.1. The molecular weight excluding hydrogens is 292 g/mol. The van der Waals surface area contributed by atoms with E-state index in [0.29, 0.717) is 17.4 Å². The van der Waals surface area contributed by atoms with E-state index in [4.69, 9.17) is 4.74 Å². The van der Waals surface area contributed by atoms with Gasteiger partial charge in [0.1, 0.15) is 5.75 Å². The molecule has 6 heteroatoms. The van der Waals surface area contributed by atoms with Crippen molar-refractivity contribution < 1.29 is 4.74 Å². The van der Waals surface area contributed by atoms with Crippen molar-refractivity contribution in [1.82, 2.24) is 14.9 Å². The van der Waals surface area contributed by atoms with Crippen molar-refractivity contribution in [2.24, 2.45) is 0 Å². The maximum Gasteiger partial charge on any atom is 0.252 e. The number of rotatable bonds is 4. The fourth-order valence-corrected chi connectivity index (χ4v) is 2.86. The highest BCUT2D eigenvalue weighted by molar-refractivity contribution is 5.67. The third kappa shape index (κ3) is 3.37. The van der Waals surface area contributed by atoms with E-state index in [9.17, 15) is 4.79 Å². The van der Waals surface area contributed by atoms with E-state index in [0.717, 1.165) is 38.3 Å². The van der Waals surface area contributed by atoms with Crippen LogP contribution in [-0.2, 0) is 0 Å². The van der Waals surface area contributed by atoms with E-state index in [1.807, 2.05) is 24.3 Å². The van der Waals surface area contributed by atoms with Crippen molar-refractivity contribution >= 4 is 5.95 Å². The first-order chi connectivity index (χ1) is 11.2. The summed E-state index contributed by atoms with van der Waals surface area (Å²) < 4.78 is 5.38. The Bertz CT molecular complexity index is 721. The molecule has 2 aromatic rings. The number of ether oxygens (including phenoxy) is 1. The van der Waals surface area contributed by atoms with Gasteiger partial charge in [-0.05, 0) is 18.7 Å². The fourth-order valence-electron chi connectivity index (χ4n) is 2.86. The van der Waals surface area contributed by atoms with Crippen molar-refractivity contribution in [2.75, 3.05) is 44.7 Å². The van der Waals surface area contributed by atoms with E-state index in [1.54, 1.807) is 7.11 Å². The second-order valence-corrected chi connectivity index (χ2v) is 5.58. The molecule has 0 amide bonds. The van der Waals surface area contributed by atoms with Gasteiger partial charge in [-0.25, -0.2) is 4.98 Å². The van der Waals surface area contributed by atoms with Crippen molar-refractivity contribution in [2.45, 2.75) is 6.92 Å². The lowest BCUT2D eigenvalue weighted by molar-refractivity contribution is 0.270. The van der Waals surface area contributed by atoms with Gasteiger partial charge in [0.05, 0.1) is 12.8 Å². The number of hydrogen-bond donors (Lipinski definition) is 1. The Morgan fingerprint density at radius 2 is 1.96 bits per heavy atom. The van der Waals surface area contributed by atoms with Crippen LogP contribution in [0.4, 0.5) is 5.95 Å². The third-order valence-electron chi connectivity index (χ3n) is 4.23. The zero-order valence-corrected chi connectivity index (χ0v) is 13.6. The van der Waals surface area contributed by atoms with Crippen molar-refractivity contribution in [3.63, 3.8) is 0 Å². The molecule has 2 heterocycles. The highest BCUT2D eigenvalue weighted by Gasteiger charge is 2.18. The van der Waals surface area contributed by atoms with Gasteiger partial charge in [0, 0.05) is 37.8 Å². The summed E-state index contributed by atoms with van der Waals surface area (Å²) in [6, 6.07) is 9.13. The molecule has 0 unspecified atom stereocenters. The zero-order valence-electron chi connectivity index (χ0n) is 13.6. The highest BCUT2D eigenvalue weighted by Crippen LogP contribution is 2.28. The predicted molar refractivity (Wildman–Crippen MR) is 91.2 cm³/mol. The number of para-hydroxylation sites is 1. The minimum Gasteiger partial charge on any atom is -0.496 e. The Hall–Kier alpha value is -2.34. The van der Waals surface area contributed by atoms with Crippen LogP contribution in [0, 0.1) is 0 Å². The smallest absolute Gasteiger partial charge is 0.252 e. The fraction of sp³-hybridized carbons (Fsp3) is 0.412. The first-order valence-corrected chi connectivity index (χ1v) is 7.93. The van der Waals surface area contributed by atoms with E-state index in [2.05, 4.69) is 26.7 Å². The van der Waals surface area contributed by atoms with Gasteiger partial charge in [-0.15, -0.1) is 0 Å². The summed E-state index contributed by atoms with van der Waals surface area (Å²) in [6.45, 7) is 6.92. The largest absolute Gasteiger partial charge is 0.496 e. The Morgan fingerprint density at radius 1 is 1.22 bits per heavy atom. The molecule has 0 aliphatic carbocycles. The standard InChI is InChI=1S/C17H22N4O2/c1-3-20-8-10-21(11-9-20)17-18-14(12-16(22)19-17)13-6-4-5-7-15(13)23-2/h4-7,12H,3,8-11H2,1-2H3,(H,18,19,22). The summed E-state index contributed by atoms with van der Waals surface area (Å²) in [5, 5.41) is 0. The Balaban J connectivity index is 1.92. The SMILES string of the molecule is CCN1CCN(c2nc(-c3ccccc3OC)cc(=O)[nH]2)CC1. The molecule has 0 saturated carbocycles. The first kappa shape index (κ1) is 15.6. The first-order valence-electron chi connectivity index (χ1n) is 7.93. The second kappa shape index (κ2) is 6.83. The monoisotopic (exact) mass is 314 g/mol. The number of aromatic amines is 1. The Kier molecular flexibility index (Phi) is 4.62. The van der Waals surface area contributed by atoms with Gasteiger partial charge in [0.25, 0.3) is 5.56 Å². The summed E-state index contributed by atoms with van der Waals surface area (Å²) in [5.41, 5.74) is 1.32. The van der Waals surface area contributed by atoms with Gasteiger partial charge in [-0.2, -0.15) is 0 Å². The summed E-state index contributed by atoms with van der Waals surface area (Å²) >= 11 is 0. The van der Waals surface area contributed by atoms with Crippen molar-refractivity contribution in [3.05, 3.63) is 40.7 Å². The van der Waals surface area contributed by atoms with Gasteiger partial charge in [-0.3, -0.25) is 9.78 Å². The Labute approximate surface area is 135 Å². The Morgan fingerprint density at radius 3 is 2.65 bits per heavy atom. The topological polar surface area (TPSA) is 61.5 Å².